The molecule has 1 amide bonds. The molecule has 7 rings (SSSR count). The first kappa shape index (κ1) is 34.5. The molecular weight excluding hydrogens is 672 g/mol. The molecule has 0 saturated carbocycles. The van der Waals surface area contributed by atoms with E-state index in [4.69, 9.17) is 42.1 Å². The average Bonchev–Trinajstić information content (AvgIpc) is 3.12. The summed E-state index contributed by atoms with van der Waals surface area (Å²) >= 11 is 12.9. The molecule has 0 N–H and O–H groups in total. The van der Waals surface area contributed by atoms with Gasteiger partial charge in [-0.25, -0.2) is 14.0 Å². The van der Waals surface area contributed by atoms with E-state index in [2.05, 4.69) is 9.88 Å². The Hall–Kier alpha value is -4.38. The highest BCUT2D eigenvalue weighted by molar-refractivity contribution is 6.35. The maximum absolute atomic E-state index is 14.3. The van der Waals surface area contributed by atoms with E-state index in [0.717, 1.165) is 25.9 Å². The summed E-state index contributed by atoms with van der Waals surface area (Å²) in [4.78, 5) is 34.9. The van der Waals surface area contributed by atoms with Crippen molar-refractivity contribution in [3.05, 3.63) is 117 Å². The van der Waals surface area contributed by atoms with Gasteiger partial charge in [0.25, 0.3) is 0 Å². The molecule has 3 saturated heterocycles. The van der Waals surface area contributed by atoms with Crippen molar-refractivity contribution < 1.29 is 32.9 Å². The Balaban J connectivity index is 1.21. The van der Waals surface area contributed by atoms with E-state index < -0.39 is 24.0 Å². The molecule has 4 heterocycles. The van der Waals surface area contributed by atoms with Crippen LogP contribution in [0.1, 0.15) is 46.0 Å². The molecule has 3 aliphatic heterocycles. The van der Waals surface area contributed by atoms with E-state index in [0.29, 0.717) is 56.4 Å². The number of nitrogens with zero attached hydrogens (tertiary/aromatic N) is 3. The van der Waals surface area contributed by atoms with Gasteiger partial charge in [0.15, 0.2) is 11.5 Å². The maximum atomic E-state index is 14.3. The molecule has 3 aliphatic rings. The number of ether oxygens (including phenoxy) is 4. The van der Waals surface area contributed by atoms with E-state index in [1.54, 1.807) is 54.6 Å². The number of halogens is 3. The second kappa shape index (κ2) is 15.4. The van der Waals surface area contributed by atoms with Crippen LogP contribution in [0, 0.1) is 11.7 Å². The molecule has 0 spiro atoms. The predicted octanol–water partition coefficient (Wildman–Crippen LogP) is 7.92. The quantitative estimate of drug-likeness (QED) is 0.145. The number of benzene rings is 3. The van der Waals surface area contributed by atoms with E-state index in [-0.39, 0.29) is 24.6 Å². The predicted molar refractivity (Wildman–Crippen MR) is 184 cm³/mol. The van der Waals surface area contributed by atoms with Crippen molar-refractivity contribution >= 4 is 41.0 Å². The minimum absolute atomic E-state index is 0.103. The molecule has 256 valence electrons. The number of amides is 1. The Kier molecular flexibility index (Phi) is 10.9. The number of fused-ring (bicyclic) bond motifs is 3. The van der Waals surface area contributed by atoms with Crippen LogP contribution < -0.4 is 14.4 Å². The van der Waals surface area contributed by atoms with E-state index >= 15 is 0 Å². The second-order valence-corrected chi connectivity index (χ2v) is 12.9. The number of piperidine rings is 3. The Morgan fingerprint density at radius 1 is 0.959 bits per heavy atom. The van der Waals surface area contributed by atoms with Crippen molar-refractivity contribution in [2.24, 2.45) is 5.92 Å². The van der Waals surface area contributed by atoms with Gasteiger partial charge in [-0.2, -0.15) is 0 Å². The number of esters is 1. The van der Waals surface area contributed by atoms with Gasteiger partial charge in [-0.1, -0.05) is 47.5 Å². The lowest BCUT2D eigenvalue weighted by atomic mass is 9.86. The number of carbonyl (C=O) groups is 2. The number of pyridine rings is 1. The molecule has 9 nitrogen and oxygen atoms in total. The van der Waals surface area contributed by atoms with Crippen molar-refractivity contribution in [2.45, 2.75) is 38.0 Å². The third kappa shape index (κ3) is 8.09. The molecule has 2 bridgehead atoms. The molecule has 49 heavy (non-hydrogen) atoms. The Labute approximate surface area is 294 Å². The van der Waals surface area contributed by atoms with Gasteiger partial charge in [-0.15, -0.1) is 0 Å². The zero-order valence-electron chi connectivity index (χ0n) is 27.1. The number of hydrogen-bond donors (Lipinski definition) is 0. The molecule has 1 aromatic heterocycles. The summed E-state index contributed by atoms with van der Waals surface area (Å²) in [7, 11) is 3.06. The average molecular weight is 709 g/mol. The van der Waals surface area contributed by atoms with Gasteiger partial charge < -0.3 is 18.9 Å². The minimum Gasteiger partial charge on any atom is -0.493 e. The molecule has 2 atom stereocenters. The normalized spacial score (nSPS) is 18.8. The molecule has 3 aromatic carbocycles. The molecule has 0 unspecified atom stereocenters. The van der Waals surface area contributed by atoms with Gasteiger partial charge in [0.1, 0.15) is 18.0 Å². The maximum Gasteiger partial charge on any atom is 0.414 e. The van der Waals surface area contributed by atoms with Gasteiger partial charge >= 0.3 is 12.1 Å². The summed E-state index contributed by atoms with van der Waals surface area (Å²) in [5.41, 5.74) is 2.58. The summed E-state index contributed by atoms with van der Waals surface area (Å²) in [5.74, 6) is 0.257. The summed E-state index contributed by atoms with van der Waals surface area (Å²) in [6.07, 6.45) is 3.57. The van der Waals surface area contributed by atoms with Gasteiger partial charge in [0.05, 0.1) is 42.1 Å². The number of methoxy groups -OCH3 is 2. The summed E-state index contributed by atoms with van der Waals surface area (Å²) in [6, 6.07) is 17.8. The number of hydrogen-bond acceptors (Lipinski definition) is 8. The standard InChI is InChI=1S/C37H36Cl2FN3O6/c1-46-32-11-10-26(16-34(32)47-2)33(18-29-30(38)19-41-20-31(29)39)48-36(44)25-8-6-23(7-9-25)21-43(28-5-3-4-27(40)17-28)37(45)49-35-22-42-14-12-24(35)13-15-42/h3-11,16-17,19-20,24,33,35H,12-15,18,21-22H2,1-2H3/t33-,35+/m1/s1. The highest BCUT2D eigenvalue weighted by Crippen LogP contribution is 2.36. The molecule has 4 aromatic rings. The lowest BCUT2D eigenvalue weighted by Gasteiger charge is -2.44. The fourth-order valence-corrected chi connectivity index (χ4v) is 6.89. The van der Waals surface area contributed by atoms with Crippen LogP contribution in [0.4, 0.5) is 14.9 Å². The highest BCUT2D eigenvalue weighted by Gasteiger charge is 2.37. The minimum atomic E-state index is -0.797. The molecule has 3 fully saturated rings. The van der Waals surface area contributed by atoms with Crippen LogP contribution in [0.3, 0.4) is 0 Å². The monoisotopic (exact) mass is 707 g/mol. The highest BCUT2D eigenvalue weighted by atomic mass is 35.5. The number of rotatable bonds is 11. The second-order valence-electron chi connectivity index (χ2n) is 12.1. The lowest BCUT2D eigenvalue weighted by molar-refractivity contribution is -0.0311. The number of aromatic nitrogens is 1. The Bertz CT molecular complexity index is 1780. The smallest absolute Gasteiger partial charge is 0.414 e. The topological polar surface area (TPSA) is 90.4 Å². The molecule has 0 radical (unpaired) electrons. The van der Waals surface area contributed by atoms with Crippen molar-refractivity contribution in [2.75, 3.05) is 38.8 Å². The third-order valence-electron chi connectivity index (χ3n) is 9.09. The SMILES string of the molecule is COc1ccc([C@@H](Cc2c(Cl)cncc2Cl)OC(=O)c2ccc(CN(C(=O)O[C@H]3CN4CCC3CC4)c3cccc(F)c3)cc2)cc1OC. The first-order chi connectivity index (χ1) is 23.7. The van der Waals surface area contributed by atoms with Crippen LogP contribution in [-0.2, 0) is 22.4 Å². The molecule has 0 aliphatic carbocycles. The summed E-state index contributed by atoms with van der Waals surface area (Å²) in [5, 5.41) is 0.682. The summed E-state index contributed by atoms with van der Waals surface area (Å²) in [6.45, 7) is 2.84. The lowest BCUT2D eigenvalue weighted by Crippen LogP contribution is -2.53. The van der Waals surface area contributed by atoms with Crippen molar-refractivity contribution in [1.29, 1.82) is 0 Å². The van der Waals surface area contributed by atoms with Crippen LogP contribution in [-0.4, -0.2) is 61.9 Å². The zero-order chi connectivity index (χ0) is 34.5. The fraction of sp³-hybridized carbons (Fsp3) is 0.324. The zero-order valence-corrected chi connectivity index (χ0v) is 28.6. The fourth-order valence-electron chi connectivity index (χ4n) is 6.37. The van der Waals surface area contributed by atoms with Crippen molar-refractivity contribution in [3.63, 3.8) is 0 Å². The van der Waals surface area contributed by atoms with Gasteiger partial charge in [-0.3, -0.25) is 14.8 Å². The van der Waals surface area contributed by atoms with Gasteiger partial charge in [-0.05, 0) is 91.0 Å². The Morgan fingerprint density at radius 2 is 1.67 bits per heavy atom. The van der Waals surface area contributed by atoms with Crippen LogP contribution in [0.25, 0.3) is 0 Å². The molecular formula is C37H36Cl2FN3O6. The first-order valence-electron chi connectivity index (χ1n) is 16.0. The van der Waals surface area contributed by atoms with Crippen molar-refractivity contribution in [1.82, 2.24) is 9.88 Å². The van der Waals surface area contributed by atoms with Gasteiger partial charge in [0, 0.05) is 25.4 Å². The van der Waals surface area contributed by atoms with E-state index in [1.807, 2.05) is 0 Å². The van der Waals surface area contributed by atoms with E-state index in [9.17, 15) is 14.0 Å². The third-order valence-corrected chi connectivity index (χ3v) is 9.74. The van der Waals surface area contributed by atoms with Crippen molar-refractivity contribution in [3.8, 4) is 11.5 Å². The molecule has 12 heteroatoms. The summed E-state index contributed by atoms with van der Waals surface area (Å²) < 4.78 is 37.2. The number of anilines is 1. The van der Waals surface area contributed by atoms with Crippen LogP contribution >= 0.6 is 23.2 Å². The number of carbonyl (C=O) groups excluding carboxylic acids is 2. The first-order valence-corrected chi connectivity index (χ1v) is 16.7. The largest absolute Gasteiger partial charge is 0.493 e. The van der Waals surface area contributed by atoms with Gasteiger partial charge in [0.2, 0.25) is 0 Å². The van der Waals surface area contributed by atoms with Crippen LogP contribution in [0.5, 0.6) is 11.5 Å². The van der Waals surface area contributed by atoms with E-state index in [1.165, 1.54) is 43.6 Å². The van der Waals surface area contributed by atoms with Crippen LogP contribution in [0.2, 0.25) is 10.0 Å². The van der Waals surface area contributed by atoms with Crippen LogP contribution in [0.15, 0.2) is 79.1 Å². The Morgan fingerprint density at radius 3 is 2.31 bits per heavy atom.